The molecule has 0 atom stereocenters. The average molecular weight is 286 g/mol. The highest BCUT2D eigenvalue weighted by Gasteiger charge is 2.16. The van der Waals surface area contributed by atoms with Gasteiger partial charge in [-0.15, -0.1) is 0 Å². The number of ketones is 1. The number of hydrogen-bond acceptors (Lipinski definition) is 5. The molecule has 2 N–H and O–H groups in total. The lowest BCUT2D eigenvalue weighted by atomic mass is 10.1. The Labute approximate surface area is 121 Å². The molecular formula is C15H14N2O4. The summed E-state index contributed by atoms with van der Waals surface area (Å²) >= 11 is 0. The molecule has 6 heteroatoms. The maximum absolute atomic E-state index is 11.3. The third-order valence-electron chi connectivity index (χ3n) is 2.99. The van der Waals surface area contributed by atoms with E-state index < -0.39 is 4.92 Å². The number of Topliss-reactive ketones (excluding diaryl/α,β-unsaturated/α-hetero) is 1. The summed E-state index contributed by atoms with van der Waals surface area (Å²) in [4.78, 5) is 21.9. The van der Waals surface area contributed by atoms with Crippen molar-refractivity contribution in [3.8, 4) is 0 Å². The van der Waals surface area contributed by atoms with E-state index in [2.05, 4.69) is 5.32 Å². The Balaban J connectivity index is 2.38. The number of aliphatic hydroxyl groups excluding tert-OH is 1. The number of nitrogens with zero attached hydrogens (tertiary/aromatic N) is 1. The second-order valence-electron chi connectivity index (χ2n) is 4.53. The van der Waals surface area contributed by atoms with Gasteiger partial charge in [-0.1, -0.05) is 12.1 Å². The van der Waals surface area contributed by atoms with Crippen molar-refractivity contribution in [2.45, 2.75) is 13.5 Å². The molecule has 0 unspecified atom stereocenters. The van der Waals surface area contributed by atoms with E-state index in [-0.39, 0.29) is 23.6 Å². The van der Waals surface area contributed by atoms with Crippen LogP contribution >= 0.6 is 0 Å². The van der Waals surface area contributed by atoms with Crippen molar-refractivity contribution in [2.24, 2.45) is 0 Å². The number of anilines is 2. The lowest BCUT2D eigenvalue weighted by Crippen LogP contribution is -2.00. The zero-order chi connectivity index (χ0) is 15.4. The van der Waals surface area contributed by atoms with Crippen LogP contribution in [-0.2, 0) is 6.61 Å². The van der Waals surface area contributed by atoms with Crippen LogP contribution in [0.15, 0.2) is 42.5 Å². The lowest BCUT2D eigenvalue weighted by Gasteiger charge is -2.09. The van der Waals surface area contributed by atoms with Gasteiger partial charge in [0.2, 0.25) is 0 Å². The molecule has 0 aliphatic carbocycles. The minimum absolute atomic E-state index is 0.110. The van der Waals surface area contributed by atoms with Gasteiger partial charge in [-0.2, -0.15) is 0 Å². The van der Waals surface area contributed by atoms with E-state index in [4.69, 9.17) is 5.11 Å². The van der Waals surface area contributed by atoms with Crippen molar-refractivity contribution < 1.29 is 14.8 Å². The summed E-state index contributed by atoms with van der Waals surface area (Å²) in [6, 6.07) is 11.2. The Morgan fingerprint density at radius 3 is 2.67 bits per heavy atom. The van der Waals surface area contributed by atoms with E-state index in [1.807, 2.05) is 0 Å². The van der Waals surface area contributed by atoms with Crippen molar-refractivity contribution in [3.63, 3.8) is 0 Å². The molecular weight excluding hydrogens is 272 g/mol. The maximum Gasteiger partial charge on any atom is 0.293 e. The van der Waals surface area contributed by atoms with Gasteiger partial charge in [0.05, 0.1) is 11.5 Å². The van der Waals surface area contributed by atoms with Gasteiger partial charge in [0, 0.05) is 17.3 Å². The Hall–Kier alpha value is -2.73. The molecule has 0 radical (unpaired) electrons. The van der Waals surface area contributed by atoms with E-state index in [9.17, 15) is 14.9 Å². The molecule has 0 fully saturated rings. The molecule has 21 heavy (non-hydrogen) atoms. The van der Waals surface area contributed by atoms with Crippen molar-refractivity contribution in [2.75, 3.05) is 5.32 Å². The van der Waals surface area contributed by atoms with Gasteiger partial charge in [0.15, 0.2) is 5.78 Å². The smallest absolute Gasteiger partial charge is 0.293 e. The highest BCUT2D eigenvalue weighted by Crippen LogP contribution is 2.29. The van der Waals surface area contributed by atoms with Gasteiger partial charge in [-0.05, 0) is 36.8 Å². The normalized spacial score (nSPS) is 10.2. The third kappa shape index (κ3) is 3.43. The van der Waals surface area contributed by atoms with Crippen molar-refractivity contribution in [3.05, 3.63) is 63.7 Å². The largest absolute Gasteiger partial charge is 0.392 e. The first-order valence-corrected chi connectivity index (χ1v) is 6.27. The topological polar surface area (TPSA) is 92.5 Å². The van der Waals surface area contributed by atoms with Gasteiger partial charge < -0.3 is 10.4 Å². The van der Waals surface area contributed by atoms with E-state index in [0.717, 1.165) is 0 Å². The number of nitro benzene ring substituents is 1. The highest BCUT2D eigenvalue weighted by molar-refractivity contribution is 5.95. The van der Waals surface area contributed by atoms with Crippen LogP contribution in [-0.4, -0.2) is 15.8 Å². The van der Waals surface area contributed by atoms with Crippen LogP contribution in [0.2, 0.25) is 0 Å². The second-order valence-corrected chi connectivity index (χ2v) is 4.53. The fourth-order valence-corrected chi connectivity index (χ4v) is 1.91. The molecule has 0 saturated carbocycles. The van der Waals surface area contributed by atoms with Gasteiger partial charge in [0.1, 0.15) is 5.69 Å². The second kappa shape index (κ2) is 6.15. The van der Waals surface area contributed by atoms with Crippen molar-refractivity contribution in [1.82, 2.24) is 0 Å². The van der Waals surface area contributed by atoms with E-state index >= 15 is 0 Å². The SMILES string of the molecule is CC(=O)c1ccc(Nc2cccc(CO)c2)c([N+](=O)[O-])c1. The molecule has 0 saturated heterocycles. The molecule has 0 aliphatic heterocycles. The van der Waals surface area contributed by atoms with Gasteiger partial charge in [0.25, 0.3) is 5.69 Å². The van der Waals surface area contributed by atoms with Crippen LogP contribution in [0.3, 0.4) is 0 Å². The molecule has 2 aromatic carbocycles. The standard InChI is InChI=1S/C15H14N2O4/c1-10(19)12-5-6-14(15(8-12)17(20)21)16-13-4-2-3-11(7-13)9-18/h2-8,16,18H,9H2,1H3. The minimum atomic E-state index is -0.537. The average Bonchev–Trinajstić information content (AvgIpc) is 2.47. The molecule has 2 rings (SSSR count). The van der Waals surface area contributed by atoms with Crippen LogP contribution in [0.4, 0.5) is 17.1 Å². The Kier molecular flexibility index (Phi) is 4.30. The molecule has 0 heterocycles. The number of nitrogens with one attached hydrogen (secondary N) is 1. The zero-order valence-electron chi connectivity index (χ0n) is 11.4. The van der Waals surface area contributed by atoms with Crippen LogP contribution in [0.25, 0.3) is 0 Å². The van der Waals surface area contributed by atoms with Gasteiger partial charge in [-0.3, -0.25) is 14.9 Å². The van der Waals surface area contributed by atoms with Gasteiger partial charge in [-0.25, -0.2) is 0 Å². The van der Waals surface area contributed by atoms with Crippen LogP contribution in [0.5, 0.6) is 0 Å². The molecule has 0 amide bonds. The maximum atomic E-state index is 11.3. The lowest BCUT2D eigenvalue weighted by molar-refractivity contribution is -0.383. The predicted molar refractivity (Wildman–Crippen MR) is 78.7 cm³/mol. The molecule has 6 nitrogen and oxygen atoms in total. The number of aliphatic hydroxyl groups is 1. The predicted octanol–water partition coefficient (Wildman–Crippen LogP) is 3.03. The molecule has 0 bridgehead atoms. The molecule has 0 aliphatic rings. The van der Waals surface area contributed by atoms with E-state index in [1.54, 1.807) is 24.3 Å². The zero-order valence-corrected chi connectivity index (χ0v) is 11.4. The summed E-state index contributed by atoms with van der Waals surface area (Å²) < 4.78 is 0. The first kappa shape index (κ1) is 14.7. The number of carbonyl (C=O) groups is 1. The Bertz CT molecular complexity index is 698. The molecule has 0 spiro atoms. The number of nitro groups is 1. The van der Waals surface area contributed by atoms with Crippen LogP contribution in [0, 0.1) is 10.1 Å². The Morgan fingerprint density at radius 2 is 2.05 bits per heavy atom. The van der Waals surface area contributed by atoms with E-state index in [1.165, 1.54) is 25.1 Å². The van der Waals surface area contributed by atoms with E-state index in [0.29, 0.717) is 16.9 Å². The fraction of sp³-hybridized carbons (Fsp3) is 0.133. The highest BCUT2D eigenvalue weighted by atomic mass is 16.6. The number of carbonyl (C=O) groups excluding carboxylic acids is 1. The monoisotopic (exact) mass is 286 g/mol. The summed E-state index contributed by atoms with van der Waals surface area (Å²) in [7, 11) is 0. The molecule has 108 valence electrons. The fourth-order valence-electron chi connectivity index (χ4n) is 1.91. The summed E-state index contributed by atoms with van der Waals surface area (Å²) in [6.07, 6.45) is 0. The quantitative estimate of drug-likeness (QED) is 0.500. The van der Waals surface area contributed by atoms with Gasteiger partial charge >= 0.3 is 0 Å². The van der Waals surface area contributed by atoms with Crippen LogP contribution in [0.1, 0.15) is 22.8 Å². The molecule has 0 aromatic heterocycles. The minimum Gasteiger partial charge on any atom is -0.392 e. The summed E-state index contributed by atoms with van der Waals surface area (Å²) in [5.74, 6) is -0.230. The summed E-state index contributed by atoms with van der Waals surface area (Å²) in [5, 5.41) is 23.1. The van der Waals surface area contributed by atoms with Crippen molar-refractivity contribution in [1.29, 1.82) is 0 Å². The first-order chi connectivity index (χ1) is 10.0. The Morgan fingerprint density at radius 1 is 1.29 bits per heavy atom. The number of hydrogen-bond donors (Lipinski definition) is 2. The van der Waals surface area contributed by atoms with Crippen LogP contribution < -0.4 is 5.32 Å². The summed E-state index contributed by atoms with van der Waals surface area (Å²) in [5.41, 5.74) is 1.73. The summed E-state index contributed by atoms with van der Waals surface area (Å²) in [6.45, 7) is 1.25. The third-order valence-corrected chi connectivity index (χ3v) is 2.99. The number of benzene rings is 2. The van der Waals surface area contributed by atoms with Crippen molar-refractivity contribution >= 4 is 22.8 Å². The molecule has 2 aromatic rings. The number of rotatable bonds is 5. The first-order valence-electron chi connectivity index (χ1n) is 6.27.